The third-order valence-corrected chi connectivity index (χ3v) is 2.16. The summed E-state index contributed by atoms with van der Waals surface area (Å²) in [6.07, 6.45) is 2.16. The van der Waals surface area contributed by atoms with Crippen LogP contribution in [0.1, 0.15) is 12.5 Å². The lowest BCUT2D eigenvalue weighted by atomic mass is 10.1. The molecular weight excluding hydrogens is 165 g/mol. The van der Waals surface area contributed by atoms with E-state index < -0.39 is 0 Å². The Kier molecular flexibility index (Phi) is 1.97. The van der Waals surface area contributed by atoms with Crippen LogP contribution in [-0.2, 0) is 6.42 Å². The van der Waals surface area contributed by atoms with Crippen molar-refractivity contribution in [1.82, 2.24) is 4.98 Å². The highest BCUT2D eigenvalue weighted by molar-refractivity contribution is 5.81. The molecule has 0 aliphatic heterocycles. The van der Waals surface area contributed by atoms with Crippen LogP contribution < -0.4 is 0 Å². The van der Waals surface area contributed by atoms with Gasteiger partial charge in [-0.05, 0) is 24.1 Å². The van der Waals surface area contributed by atoms with Gasteiger partial charge in [0.15, 0.2) is 0 Å². The van der Waals surface area contributed by atoms with Crippen molar-refractivity contribution < 1.29 is 4.39 Å². The van der Waals surface area contributed by atoms with Gasteiger partial charge in [0, 0.05) is 5.39 Å². The molecule has 0 spiro atoms. The lowest BCUT2D eigenvalue weighted by molar-refractivity contribution is 0.624. The van der Waals surface area contributed by atoms with Crippen LogP contribution in [-0.4, -0.2) is 4.98 Å². The van der Waals surface area contributed by atoms with Crippen molar-refractivity contribution in [2.45, 2.75) is 13.3 Å². The van der Waals surface area contributed by atoms with E-state index in [0.29, 0.717) is 0 Å². The molecule has 1 aromatic carbocycles. The Morgan fingerprint density at radius 3 is 3.00 bits per heavy atom. The molecule has 0 unspecified atom stereocenters. The molecule has 0 bridgehead atoms. The highest BCUT2D eigenvalue weighted by Crippen LogP contribution is 2.17. The fourth-order valence-corrected chi connectivity index (χ4v) is 1.49. The minimum absolute atomic E-state index is 0.270. The van der Waals surface area contributed by atoms with Gasteiger partial charge in [-0.15, -0.1) is 0 Å². The summed E-state index contributed by atoms with van der Waals surface area (Å²) in [5.74, 6) is -0.270. The van der Waals surface area contributed by atoms with Crippen LogP contribution in [0.5, 0.6) is 0 Å². The van der Waals surface area contributed by atoms with Crippen molar-refractivity contribution in [3.05, 3.63) is 41.8 Å². The number of aryl methyl sites for hydroxylation is 1. The molecule has 66 valence electrons. The molecule has 0 aliphatic rings. The van der Waals surface area contributed by atoms with Gasteiger partial charge in [-0.2, -0.15) is 0 Å². The number of rotatable bonds is 1. The molecule has 1 heterocycles. The summed E-state index contributed by atoms with van der Waals surface area (Å²) in [5, 5.41) is 0.921. The Morgan fingerprint density at radius 2 is 2.23 bits per heavy atom. The van der Waals surface area contributed by atoms with Gasteiger partial charge in [0.1, 0.15) is 5.82 Å². The van der Waals surface area contributed by atoms with Crippen LogP contribution >= 0.6 is 0 Å². The van der Waals surface area contributed by atoms with Gasteiger partial charge in [0.05, 0.1) is 11.7 Å². The third-order valence-electron chi connectivity index (χ3n) is 2.16. The molecule has 2 rings (SSSR count). The van der Waals surface area contributed by atoms with E-state index in [0.717, 1.165) is 22.9 Å². The maximum absolute atomic E-state index is 12.9. The fourth-order valence-electron chi connectivity index (χ4n) is 1.49. The predicted molar refractivity (Wildman–Crippen MR) is 51.1 cm³/mol. The molecule has 0 amide bonds. The lowest BCUT2D eigenvalue weighted by Gasteiger charge is -2.02. The first kappa shape index (κ1) is 8.17. The molecule has 0 saturated heterocycles. The van der Waals surface area contributed by atoms with E-state index in [4.69, 9.17) is 0 Å². The van der Waals surface area contributed by atoms with E-state index in [-0.39, 0.29) is 5.82 Å². The topological polar surface area (TPSA) is 12.9 Å². The molecule has 0 radical (unpaired) electrons. The first-order valence-electron chi connectivity index (χ1n) is 4.34. The van der Waals surface area contributed by atoms with E-state index in [1.54, 1.807) is 6.07 Å². The van der Waals surface area contributed by atoms with Crippen LogP contribution in [0.4, 0.5) is 4.39 Å². The number of nitrogens with zero attached hydrogens (tertiary/aromatic N) is 1. The molecule has 0 atom stereocenters. The quantitative estimate of drug-likeness (QED) is 0.649. The average Bonchev–Trinajstić information content (AvgIpc) is 2.17. The van der Waals surface area contributed by atoms with Gasteiger partial charge in [0.2, 0.25) is 0 Å². The highest BCUT2D eigenvalue weighted by atomic mass is 19.1. The van der Waals surface area contributed by atoms with E-state index in [2.05, 4.69) is 11.9 Å². The maximum Gasteiger partial charge on any atom is 0.142 e. The second-order valence-corrected chi connectivity index (χ2v) is 2.99. The van der Waals surface area contributed by atoms with Crippen LogP contribution in [0.25, 0.3) is 10.9 Å². The standard InChI is InChI=1S/C11H10FN/c1-2-8-4-3-5-11-10(8)6-9(12)7-13-11/h3-7H,2H2,1H3. The zero-order valence-corrected chi connectivity index (χ0v) is 7.42. The summed E-state index contributed by atoms with van der Waals surface area (Å²) < 4.78 is 12.9. The molecular formula is C11H10FN. The molecule has 13 heavy (non-hydrogen) atoms. The number of pyridine rings is 1. The second-order valence-electron chi connectivity index (χ2n) is 2.99. The van der Waals surface area contributed by atoms with Gasteiger partial charge < -0.3 is 0 Å². The molecule has 0 aliphatic carbocycles. The molecule has 0 N–H and O–H groups in total. The number of halogens is 1. The van der Waals surface area contributed by atoms with Gasteiger partial charge in [-0.25, -0.2) is 4.39 Å². The normalized spacial score (nSPS) is 10.6. The predicted octanol–water partition coefficient (Wildman–Crippen LogP) is 2.94. The average molecular weight is 175 g/mol. The number of hydrogen-bond acceptors (Lipinski definition) is 1. The van der Waals surface area contributed by atoms with E-state index in [9.17, 15) is 4.39 Å². The van der Waals surface area contributed by atoms with Crippen LogP contribution in [0.2, 0.25) is 0 Å². The Balaban J connectivity index is 2.79. The summed E-state index contributed by atoms with van der Waals surface area (Å²) in [4.78, 5) is 4.01. The summed E-state index contributed by atoms with van der Waals surface area (Å²) in [6.45, 7) is 2.06. The molecule has 2 aromatic rings. The minimum atomic E-state index is -0.270. The van der Waals surface area contributed by atoms with Gasteiger partial charge in [0.25, 0.3) is 0 Å². The molecule has 2 heteroatoms. The van der Waals surface area contributed by atoms with Crippen molar-refractivity contribution in [2.75, 3.05) is 0 Å². The summed E-state index contributed by atoms with van der Waals surface area (Å²) in [7, 11) is 0. The zero-order chi connectivity index (χ0) is 9.26. The molecule has 1 nitrogen and oxygen atoms in total. The van der Waals surface area contributed by atoms with Crippen molar-refractivity contribution >= 4 is 10.9 Å². The number of hydrogen-bond donors (Lipinski definition) is 0. The van der Waals surface area contributed by atoms with Gasteiger partial charge in [-0.3, -0.25) is 4.98 Å². The lowest BCUT2D eigenvalue weighted by Crippen LogP contribution is -1.87. The summed E-state index contributed by atoms with van der Waals surface area (Å²) >= 11 is 0. The van der Waals surface area contributed by atoms with Crippen molar-refractivity contribution in [2.24, 2.45) is 0 Å². The number of fused-ring (bicyclic) bond motifs is 1. The fraction of sp³-hybridized carbons (Fsp3) is 0.182. The van der Waals surface area contributed by atoms with E-state index in [1.165, 1.54) is 6.20 Å². The zero-order valence-electron chi connectivity index (χ0n) is 7.42. The van der Waals surface area contributed by atoms with Crippen molar-refractivity contribution in [3.63, 3.8) is 0 Å². The Morgan fingerprint density at radius 1 is 1.38 bits per heavy atom. The van der Waals surface area contributed by atoms with Crippen LogP contribution in [0, 0.1) is 5.82 Å². The maximum atomic E-state index is 12.9. The SMILES string of the molecule is CCc1cccc2ncc(F)cc12. The number of benzene rings is 1. The highest BCUT2D eigenvalue weighted by Gasteiger charge is 2.00. The van der Waals surface area contributed by atoms with Gasteiger partial charge in [-0.1, -0.05) is 19.1 Å². The Bertz CT molecular complexity index is 437. The Labute approximate surface area is 76.2 Å². The first-order valence-corrected chi connectivity index (χ1v) is 4.34. The first-order chi connectivity index (χ1) is 6.31. The Hall–Kier alpha value is -1.44. The van der Waals surface area contributed by atoms with E-state index in [1.807, 2.05) is 18.2 Å². The summed E-state index contributed by atoms with van der Waals surface area (Å²) in [6, 6.07) is 7.39. The molecule has 1 aromatic heterocycles. The monoisotopic (exact) mass is 175 g/mol. The number of aromatic nitrogens is 1. The van der Waals surface area contributed by atoms with E-state index >= 15 is 0 Å². The summed E-state index contributed by atoms with van der Waals surface area (Å²) in [5.41, 5.74) is 2.00. The third kappa shape index (κ3) is 1.39. The molecule has 0 fully saturated rings. The molecule has 0 saturated carbocycles. The largest absolute Gasteiger partial charge is 0.253 e. The van der Waals surface area contributed by atoms with Crippen molar-refractivity contribution in [3.8, 4) is 0 Å². The van der Waals surface area contributed by atoms with Crippen LogP contribution in [0.3, 0.4) is 0 Å². The second kappa shape index (κ2) is 3.13. The van der Waals surface area contributed by atoms with Gasteiger partial charge >= 0.3 is 0 Å². The van der Waals surface area contributed by atoms with Crippen molar-refractivity contribution in [1.29, 1.82) is 0 Å². The smallest absolute Gasteiger partial charge is 0.142 e. The minimum Gasteiger partial charge on any atom is -0.253 e. The van der Waals surface area contributed by atoms with Crippen LogP contribution in [0.15, 0.2) is 30.5 Å².